The third-order valence-corrected chi connectivity index (χ3v) is 5.37. The van der Waals surface area contributed by atoms with E-state index in [1.54, 1.807) is 24.5 Å². The van der Waals surface area contributed by atoms with E-state index in [9.17, 15) is 9.90 Å². The number of fused-ring (bicyclic) bond motifs is 1. The van der Waals surface area contributed by atoms with Crippen molar-refractivity contribution in [1.82, 2.24) is 19.3 Å². The molecule has 27 heavy (non-hydrogen) atoms. The van der Waals surface area contributed by atoms with Gasteiger partial charge in [-0.15, -0.1) is 0 Å². The molecule has 1 aliphatic rings. The van der Waals surface area contributed by atoms with Crippen LogP contribution in [0.5, 0.6) is 0 Å². The van der Waals surface area contributed by atoms with E-state index < -0.39 is 5.97 Å². The first-order chi connectivity index (χ1) is 13.1. The Kier molecular flexibility index (Phi) is 5.09. The summed E-state index contributed by atoms with van der Waals surface area (Å²) in [6, 6.07) is 7.05. The number of aromatic nitrogens is 3. The quantitative estimate of drug-likeness (QED) is 0.655. The van der Waals surface area contributed by atoms with E-state index in [1.807, 2.05) is 16.5 Å². The molecule has 7 heteroatoms. The van der Waals surface area contributed by atoms with Crippen molar-refractivity contribution < 1.29 is 9.90 Å². The summed E-state index contributed by atoms with van der Waals surface area (Å²) >= 11 is 6.31. The van der Waals surface area contributed by atoms with Gasteiger partial charge < -0.3 is 14.4 Å². The summed E-state index contributed by atoms with van der Waals surface area (Å²) in [5, 5.41) is 9.75. The topological polar surface area (TPSA) is 70.7 Å². The Morgan fingerprint density at radius 1 is 1.22 bits per heavy atom. The van der Waals surface area contributed by atoms with Crippen molar-refractivity contribution in [3.8, 4) is 11.3 Å². The number of aromatic carboxylic acids is 1. The van der Waals surface area contributed by atoms with Crippen LogP contribution in [-0.4, -0.2) is 50.0 Å². The molecule has 140 valence electrons. The summed E-state index contributed by atoms with van der Waals surface area (Å²) in [4.78, 5) is 22.8. The van der Waals surface area contributed by atoms with Crippen molar-refractivity contribution >= 4 is 23.2 Å². The first-order valence-electron chi connectivity index (χ1n) is 9.21. The molecule has 3 aromatic rings. The zero-order valence-electron chi connectivity index (χ0n) is 14.9. The van der Waals surface area contributed by atoms with Crippen LogP contribution in [-0.2, 0) is 6.42 Å². The number of likely N-dealkylation sites (tertiary alicyclic amines) is 1. The number of aryl methyl sites for hydroxylation is 1. The monoisotopic (exact) mass is 384 g/mol. The van der Waals surface area contributed by atoms with Crippen molar-refractivity contribution in [3.63, 3.8) is 0 Å². The average molecular weight is 385 g/mol. The molecule has 1 aliphatic heterocycles. The van der Waals surface area contributed by atoms with Crippen LogP contribution in [0.3, 0.4) is 0 Å². The standard InChI is InChI=1S/C20H21ClN4O2/c21-19-15(5-3-9-22-19)18-16(6-4-12-24-10-1-2-11-24)25-13-14(20(26)27)7-8-17(25)23-18/h3,5,7-9,13H,1-2,4,6,10-12H2,(H,26,27). The highest BCUT2D eigenvalue weighted by Gasteiger charge is 2.19. The zero-order chi connectivity index (χ0) is 18.8. The number of hydrogen-bond acceptors (Lipinski definition) is 4. The van der Waals surface area contributed by atoms with Crippen molar-refractivity contribution in [1.29, 1.82) is 0 Å². The van der Waals surface area contributed by atoms with Crippen LogP contribution in [0.4, 0.5) is 0 Å². The van der Waals surface area contributed by atoms with Gasteiger partial charge in [0.1, 0.15) is 10.8 Å². The van der Waals surface area contributed by atoms with Crippen molar-refractivity contribution in [2.75, 3.05) is 19.6 Å². The molecule has 0 atom stereocenters. The van der Waals surface area contributed by atoms with Gasteiger partial charge in [0.05, 0.1) is 17.0 Å². The van der Waals surface area contributed by atoms with Gasteiger partial charge in [0.2, 0.25) is 0 Å². The summed E-state index contributed by atoms with van der Waals surface area (Å²) in [5.74, 6) is -0.949. The van der Waals surface area contributed by atoms with E-state index in [-0.39, 0.29) is 5.56 Å². The molecular formula is C20H21ClN4O2. The minimum Gasteiger partial charge on any atom is -0.478 e. The highest BCUT2D eigenvalue weighted by atomic mass is 35.5. The van der Waals surface area contributed by atoms with E-state index in [0.717, 1.165) is 49.4 Å². The predicted molar refractivity (Wildman–Crippen MR) is 104 cm³/mol. The number of pyridine rings is 2. The van der Waals surface area contributed by atoms with Crippen LogP contribution in [0.2, 0.25) is 5.15 Å². The van der Waals surface area contributed by atoms with Crippen LogP contribution in [0, 0.1) is 0 Å². The highest BCUT2D eigenvalue weighted by molar-refractivity contribution is 6.32. The van der Waals surface area contributed by atoms with Gasteiger partial charge in [-0.1, -0.05) is 11.6 Å². The first-order valence-corrected chi connectivity index (χ1v) is 9.59. The van der Waals surface area contributed by atoms with Gasteiger partial charge >= 0.3 is 5.97 Å². The molecular weight excluding hydrogens is 364 g/mol. The van der Waals surface area contributed by atoms with E-state index in [2.05, 4.69) is 9.88 Å². The lowest BCUT2D eigenvalue weighted by Crippen LogP contribution is -2.21. The van der Waals surface area contributed by atoms with E-state index in [4.69, 9.17) is 16.6 Å². The average Bonchev–Trinajstić information content (AvgIpc) is 3.30. The summed E-state index contributed by atoms with van der Waals surface area (Å²) < 4.78 is 1.88. The third kappa shape index (κ3) is 3.68. The largest absolute Gasteiger partial charge is 0.478 e. The van der Waals surface area contributed by atoms with Crippen molar-refractivity contribution in [3.05, 3.63) is 53.1 Å². The Morgan fingerprint density at radius 2 is 2.04 bits per heavy atom. The number of halogens is 1. The molecule has 1 N–H and O–H groups in total. The van der Waals surface area contributed by atoms with Gasteiger partial charge in [-0.25, -0.2) is 14.8 Å². The number of carboxylic acid groups (broad SMARTS) is 1. The Hall–Kier alpha value is -2.44. The second-order valence-corrected chi connectivity index (χ2v) is 7.21. The lowest BCUT2D eigenvalue weighted by molar-refractivity contribution is 0.0696. The summed E-state index contributed by atoms with van der Waals surface area (Å²) in [5.41, 5.74) is 3.48. The predicted octanol–water partition coefficient (Wildman–Crippen LogP) is 3.78. The fraction of sp³-hybridized carbons (Fsp3) is 0.350. The fourth-order valence-corrected chi connectivity index (χ4v) is 3.92. The van der Waals surface area contributed by atoms with E-state index in [1.165, 1.54) is 12.8 Å². The Bertz CT molecular complexity index is 979. The fourth-order valence-electron chi connectivity index (χ4n) is 3.71. The molecule has 0 spiro atoms. The number of carbonyl (C=O) groups is 1. The number of carboxylic acids is 1. The SMILES string of the molecule is O=C(O)c1ccc2nc(-c3cccnc3Cl)c(CCCN3CCCC3)n2c1. The maximum absolute atomic E-state index is 11.4. The molecule has 0 radical (unpaired) electrons. The van der Waals surface area contributed by atoms with Crippen LogP contribution >= 0.6 is 11.6 Å². The molecule has 1 saturated heterocycles. The maximum atomic E-state index is 11.4. The zero-order valence-corrected chi connectivity index (χ0v) is 15.7. The second-order valence-electron chi connectivity index (χ2n) is 6.85. The number of imidazole rings is 1. The molecule has 0 saturated carbocycles. The van der Waals surface area contributed by atoms with Gasteiger partial charge in [0.15, 0.2) is 0 Å². The number of rotatable bonds is 6. The van der Waals surface area contributed by atoms with Gasteiger partial charge in [-0.2, -0.15) is 0 Å². The van der Waals surface area contributed by atoms with Gasteiger partial charge in [0.25, 0.3) is 0 Å². The lowest BCUT2D eigenvalue weighted by Gasteiger charge is -2.14. The molecule has 0 aliphatic carbocycles. The van der Waals surface area contributed by atoms with Gasteiger partial charge in [-0.3, -0.25) is 0 Å². The highest BCUT2D eigenvalue weighted by Crippen LogP contribution is 2.30. The molecule has 1 fully saturated rings. The van der Waals surface area contributed by atoms with Gasteiger partial charge in [-0.05, 0) is 69.6 Å². The Labute approximate surface area is 162 Å². The summed E-state index contributed by atoms with van der Waals surface area (Å²) in [6.07, 6.45) is 7.61. The molecule has 4 rings (SSSR count). The lowest BCUT2D eigenvalue weighted by atomic mass is 10.1. The normalized spacial score (nSPS) is 14.9. The third-order valence-electron chi connectivity index (χ3n) is 5.07. The number of hydrogen-bond donors (Lipinski definition) is 1. The summed E-state index contributed by atoms with van der Waals surface area (Å²) in [6.45, 7) is 3.36. The first kappa shape index (κ1) is 17.9. The van der Waals surface area contributed by atoms with Crippen molar-refractivity contribution in [2.45, 2.75) is 25.7 Å². The molecule has 0 unspecified atom stereocenters. The number of nitrogens with zero attached hydrogens (tertiary/aromatic N) is 4. The minimum absolute atomic E-state index is 0.240. The van der Waals surface area contributed by atoms with Crippen LogP contribution in [0.25, 0.3) is 16.9 Å². The molecule has 4 heterocycles. The van der Waals surface area contributed by atoms with Gasteiger partial charge in [0, 0.05) is 18.0 Å². The van der Waals surface area contributed by atoms with E-state index >= 15 is 0 Å². The second kappa shape index (κ2) is 7.66. The molecule has 0 bridgehead atoms. The van der Waals surface area contributed by atoms with E-state index in [0.29, 0.717) is 10.8 Å². The van der Waals surface area contributed by atoms with Crippen molar-refractivity contribution in [2.24, 2.45) is 0 Å². The Balaban J connectivity index is 1.73. The molecule has 0 amide bonds. The maximum Gasteiger partial charge on any atom is 0.337 e. The Morgan fingerprint density at radius 3 is 2.78 bits per heavy atom. The van der Waals surface area contributed by atoms with Crippen LogP contribution in [0.1, 0.15) is 35.3 Å². The van der Waals surface area contributed by atoms with Crippen LogP contribution < -0.4 is 0 Å². The molecule has 0 aromatic carbocycles. The minimum atomic E-state index is -0.949. The summed E-state index contributed by atoms with van der Waals surface area (Å²) in [7, 11) is 0. The smallest absolute Gasteiger partial charge is 0.337 e. The molecule has 3 aromatic heterocycles. The van der Waals surface area contributed by atoms with Crippen LogP contribution in [0.15, 0.2) is 36.7 Å². The molecule has 6 nitrogen and oxygen atoms in total.